The average molecular weight is 253 g/mol. The van der Waals surface area contributed by atoms with Crippen LogP contribution >= 0.6 is 11.6 Å². The lowest BCUT2D eigenvalue weighted by Crippen LogP contribution is -2.22. The van der Waals surface area contributed by atoms with Crippen molar-refractivity contribution >= 4 is 17.6 Å². The third kappa shape index (κ3) is 3.47. The molecule has 0 amide bonds. The zero-order chi connectivity index (χ0) is 12.3. The largest absolute Gasteiger partial charge is 0.481 e. The first kappa shape index (κ1) is 12.4. The Balaban J connectivity index is 1.85. The second-order valence-electron chi connectivity index (χ2n) is 4.89. The van der Waals surface area contributed by atoms with Crippen LogP contribution in [0.2, 0.25) is 5.02 Å². The summed E-state index contributed by atoms with van der Waals surface area (Å²) in [4.78, 5) is 10.8. The molecule has 0 bridgehead atoms. The summed E-state index contributed by atoms with van der Waals surface area (Å²) in [5, 5.41) is 9.70. The van der Waals surface area contributed by atoms with Crippen molar-refractivity contribution in [1.29, 1.82) is 0 Å². The lowest BCUT2D eigenvalue weighted by Gasteiger charge is -2.26. The first-order chi connectivity index (χ1) is 8.15. The molecule has 1 aromatic carbocycles. The minimum absolute atomic E-state index is 0.114. The summed E-state index contributed by atoms with van der Waals surface area (Å²) in [6.07, 6.45) is 4.75. The summed E-state index contributed by atoms with van der Waals surface area (Å²) >= 11 is 5.84. The molecule has 92 valence electrons. The van der Waals surface area contributed by atoms with E-state index in [0.29, 0.717) is 5.92 Å². The molecule has 1 fully saturated rings. The highest BCUT2D eigenvalue weighted by molar-refractivity contribution is 6.30. The molecule has 0 atom stereocenters. The Morgan fingerprint density at radius 2 is 1.76 bits per heavy atom. The Kier molecular flexibility index (Phi) is 4.06. The van der Waals surface area contributed by atoms with Gasteiger partial charge in [0.15, 0.2) is 0 Å². The van der Waals surface area contributed by atoms with Gasteiger partial charge < -0.3 is 5.11 Å². The fourth-order valence-electron chi connectivity index (χ4n) is 2.57. The van der Waals surface area contributed by atoms with Gasteiger partial charge in [0.2, 0.25) is 0 Å². The standard InChI is InChI=1S/C14H17ClO2/c15-13-7-3-11(4-8-13)9-10-1-5-12(6-2-10)14(16)17/h3-4,7-8,10,12H,1-2,5-6,9H2,(H,16,17). The van der Waals surface area contributed by atoms with Gasteiger partial charge in [0, 0.05) is 5.02 Å². The summed E-state index contributed by atoms with van der Waals surface area (Å²) in [7, 11) is 0. The smallest absolute Gasteiger partial charge is 0.306 e. The molecule has 0 unspecified atom stereocenters. The third-order valence-corrected chi connectivity index (χ3v) is 3.89. The fraction of sp³-hybridized carbons (Fsp3) is 0.500. The molecule has 0 saturated heterocycles. The molecule has 0 aliphatic heterocycles. The summed E-state index contributed by atoms with van der Waals surface area (Å²) in [5.41, 5.74) is 1.30. The van der Waals surface area contributed by atoms with Crippen LogP contribution in [0.3, 0.4) is 0 Å². The van der Waals surface area contributed by atoms with Crippen LogP contribution in [0.15, 0.2) is 24.3 Å². The zero-order valence-electron chi connectivity index (χ0n) is 9.73. The minimum atomic E-state index is -0.630. The molecular weight excluding hydrogens is 236 g/mol. The second-order valence-corrected chi connectivity index (χ2v) is 5.32. The Morgan fingerprint density at radius 1 is 1.18 bits per heavy atom. The first-order valence-corrected chi connectivity index (χ1v) is 6.50. The van der Waals surface area contributed by atoms with E-state index in [1.54, 1.807) is 0 Å². The molecule has 0 aromatic heterocycles. The van der Waals surface area contributed by atoms with Crippen molar-refractivity contribution in [1.82, 2.24) is 0 Å². The Labute approximate surface area is 107 Å². The summed E-state index contributed by atoms with van der Waals surface area (Å²) in [5.74, 6) is -0.113. The van der Waals surface area contributed by atoms with Crippen molar-refractivity contribution in [3.8, 4) is 0 Å². The summed E-state index contributed by atoms with van der Waals surface area (Å²) in [6, 6.07) is 7.96. The fourth-order valence-corrected chi connectivity index (χ4v) is 2.69. The molecule has 2 rings (SSSR count). The van der Waals surface area contributed by atoms with Crippen LogP contribution in [-0.2, 0) is 11.2 Å². The number of carbonyl (C=O) groups is 1. The van der Waals surface area contributed by atoms with Crippen LogP contribution in [0, 0.1) is 11.8 Å². The van der Waals surface area contributed by atoms with E-state index >= 15 is 0 Å². The number of carboxylic acids is 1. The summed E-state index contributed by atoms with van der Waals surface area (Å²) in [6.45, 7) is 0. The number of hydrogen-bond donors (Lipinski definition) is 1. The molecule has 17 heavy (non-hydrogen) atoms. The Morgan fingerprint density at radius 3 is 2.29 bits per heavy atom. The Bertz CT molecular complexity index is 378. The average Bonchev–Trinajstić information content (AvgIpc) is 2.33. The molecule has 1 aliphatic carbocycles. The predicted molar refractivity (Wildman–Crippen MR) is 68.2 cm³/mol. The van der Waals surface area contributed by atoms with Crippen molar-refractivity contribution in [2.24, 2.45) is 11.8 Å². The van der Waals surface area contributed by atoms with E-state index < -0.39 is 5.97 Å². The van der Waals surface area contributed by atoms with Gasteiger partial charge in [-0.1, -0.05) is 23.7 Å². The van der Waals surface area contributed by atoms with Crippen LogP contribution < -0.4 is 0 Å². The van der Waals surface area contributed by atoms with Crippen molar-refractivity contribution in [2.75, 3.05) is 0 Å². The molecular formula is C14H17ClO2. The van der Waals surface area contributed by atoms with Gasteiger partial charge in [-0.25, -0.2) is 0 Å². The maximum Gasteiger partial charge on any atom is 0.306 e. The quantitative estimate of drug-likeness (QED) is 0.889. The molecule has 0 spiro atoms. The number of rotatable bonds is 3. The van der Waals surface area contributed by atoms with Gasteiger partial charge in [0.25, 0.3) is 0 Å². The van der Waals surface area contributed by atoms with Gasteiger partial charge in [0.05, 0.1) is 5.92 Å². The van der Waals surface area contributed by atoms with Gasteiger partial charge in [0.1, 0.15) is 0 Å². The number of halogens is 1. The lowest BCUT2D eigenvalue weighted by molar-refractivity contribution is -0.143. The Hall–Kier alpha value is -1.02. The number of benzene rings is 1. The number of aliphatic carboxylic acids is 1. The highest BCUT2D eigenvalue weighted by Gasteiger charge is 2.25. The van der Waals surface area contributed by atoms with E-state index in [1.807, 2.05) is 12.1 Å². The molecule has 1 saturated carbocycles. The zero-order valence-corrected chi connectivity index (χ0v) is 10.5. The van der Waals surface area contributed by atoms with Crippen molar-refractivity contribution in [2.45, 2.75) is 32.1 Å². The van der Waals surface area contributed by atoms with E-state index in [4.69, 9.17) is 16.7 Å². The molecule has 0 heterocycles. The highest BCUT2D eigenvalue weighted by atomic mass is 35.5. The molecule has 1 N–H and O–H groups in total. The first-order valence-electron chi connectivity index (χ1n) is 6.12. The van der Waals surface area contributed by atoms with Gasteiger partial charge in [-0.15, -0.1) is 0 Å². The van der Waals surface area contributed by atoms with E-state index in [9.17, 15) is 4.79 Å². The SMILES string of the molecule is O=C(O)C1CCC(Cc2ccc(Cl)cc2)CC1. The molecule has 3 heteroatoms. The number of carboxylic acid groups (broad SMARTS) is 1. The van der Waals surface area contributed by atoms with Crippen molar-refractivity contribution < 1.29 is 9.90 Å². The molecule has 0 radical (unpaired) electrons. The van der Waals surface area contributed by atoms with Crippen LogP contribution in [0.1, 0.15) is 31.2 Å². The van der Waals surface area contributed by atoms with E-state index in [2.05, 4.69) is 12.1 Å². The van der Waals surface area contributed by atoms with E-state index in [1.165, 1.54) is 5.56 Å². The van der Waals surface area contributed by atoms with Crippen LogP contribution in [0.4, 0.5) is 0 Å². The van der Waals surface area contributed by atoms with Crippen LogP contribution in [0.25, 0.3) is 0 Å². The predicted octanol–water partition coefficient (Wildman–Crippen LogP) is 3.77. The highest BCUT2D eigenvalue weighted by Crippen LogP contribution is 2.31. The number of hydrogen-bond acceptors (Lipinski definition) is 1. The van der Waals surface area contributed by atoms with Crippen molar-refractivity contribution in [3.05, 3.63) is 34.9 Å². The van der Waals surface area contributed by atoms with Gasteiger partial charge in [-0.2, -0.15) is 0 Å². The molecule has 1 aromatic rings. The van der Waals surface area contributed by atoms with Crippen LogP contribution in [-0.4, -0.2) is 11.1 Å². The van der Waals surface area contributed by atoms with Gasteiger partial charge >= 0.3 is 5.97 Å². The summed E-state index contributed by atoms with van der Waals surface area (Å²) < 4.78 is 0. The lowest BCUT2D eigenvalue weighted by atomic mass is 9.79. The molecule has 2 nitrogen and oxygen atoms in total. The van der Waals surface area contributed by atoms with Crippen molar-refractivity contribution in [3.63, 3.8) is 0 Å². The van der Waals surface area contributed by atoms with Crippen LogP contribution in [0.5, 0.6) is 0 Å². The van der Waals surface area contributed by atoms with Gasteiger partial charge in [-0.3, -0.25) is 4.79 Å². The maximum absolute atomic E-state index is 10.8. The minimum Gasteiger partial charge on any atom is -0.481 e. The van der Waals surface area contributed by atoms with E-state index in [-0.39, 0.29) is 5.92 Å². The monoisotopic (exact) mass is 252 g/mol. The maximum atomic E-state index is 10.8. The van der Waals surface area contributed by atoms with E-state index in [0.717, 1.165) is 37.1 Å². The second kappa shape index (κ2) is 5.54. The van der Waals surface area contributed by atoms with Gasteiger partial charge in [-0.05, 0) is 55.7 Å². The third-order valence-electron chi connectivity index (χ3n) is 3.63. The topological polar surface area (TPSA) is 37.3 Å². The molecule has 1 aliphatic rings. The normalized spacial score (nSPS) is 24.5.